The van der Waals surface area contributed by atoms with Gasteiger partial charge >= 0.3 is 6.09 Å². The normalized spacial score (nSPS) is 13.6. The van der Waals surface area contributed by atoms with Crippen LogP contribution < -0.4 is 45.5 Å². The molecule has 346 valence electrons. The number of rotatable bonds is 22. The Kier molecular flexibility index (Phi) is 18.6. The van der Waals surface area contributed by atoms with Gasteiger partial charge in [-0.05, 0) is 47.1 Å². The van der Waals surface area contributed by atoms with Gasteiger partial charge in [-0.2, -0.15) is 0 Å². The molecule has 0 unspecified atom stereocenters. The summed E-state index contributed by atoms with van der Waals surface area (Å²) in [6.45, 7) is 8.71. The summed E-state index contributed by atoms with van der Waals surface area (Å²) in [4.78, 5) is 55.9. The number of aromatic hydroxyl groups is 1. The lowest BCUT2D eigenvalue weighted by Gasteiger charge is -2.35. The van der Waals surface area contributed by atoms with E-state index in [-0.39, 0.29) is 31.9 Å². The molecule has 4 aromatic carbocycles. The van der Waals surface area contributed by atoms with Crippen molar-refractivity contribution in [2.75, 3.05) is 28.4 Å². The van der Waals surface area contributed by atoms with Gasteiger partial charge in [0, 0.05) is 30.3 Å². The lowest BCUT2D eigenvalue weighted by atomic mass is 9.85. The lowest BCUT2D eigenvalue weighted by molar-refractivity contribution is -0.134. The highest BCUT2D eigenvalue weighted by Gasteiger charge is 2.40. The monoisotopic (exact) mass is 885 g/mol. The molecule has 64 heavy (non-hydrogen) atoms. The minimum absolute atomic E-state index is 0.0207. The Morgan fingerprint density at radius 1 is 0.656 bits per heavy atom. The molecule has 4 rings (SSSR count). The highest BCUT2D eigenvalue weighted by molar-refractivity contribution is 5.91. The molecule has 0 aromatic heterocycles. The first-order chi connectivity index (χ1) is 30.5. The van der Waals surface area contributed by atoms with Gasteiger partial charge < -0.3 is 55.2 Å². The van der Waals surface area contributed by atoms with Crippen LogP contribution in [0.4, 0.5) is 4.79 Å². The molecular formula is C48H63N5O11. The predicted octanol–water partition coefficient (Wildman–Crippen LogP) is 4.77. The highest BCUT2D eigenvalue weighted by Crippen LogP contribution is 2.39. The van der Waals surface area contributed by atoms with E-state index < -0.39 is 65.4 Å². The molecule has 0 aliphatic carbocycles. The van der Waals surface area contributed by atoms with Crippen molar-refractivity contribution in [2.24, 2.45) is 11.3 Å². The third-order valence-corrected chi connectivity index (χ3v) is 10.6. The van der Waals surface area contributed by atoms with E-state index in [0.717, 1.165) is 11.1 Å². The molecule has 16 nitrogen and oxygen atoms in total. The number of carbonyl (C=O) groups is 4. The molecule has 0 bridgehead atoms. The molecular weight excluding hydrogens is 823 g/mol. The number of hydrogen-bond donors (Lipinski definition) is 7. The SMILES string of the molecule is COc1ccc(CNC(=O)[C@@H](NC(=O)[C@H](NCc2ccc(OC)c(OC)c2OC)[C@@H](O)[C@H](Cc2ccccc2)NC(=O)[C@@H](NC(=O)OCc2ccccc2)C(C)(C)C)C(C)C)c(O)c1. The number of methoxy groups -OCH3 is 4. The number of aliphatic hydroxyl groups is 1. The Bertz CT molecular complexity index is 2150. The number of phenolic OH excluding ortho intramolecular Hbond substituents is 1. The first-order valence-electron chi connectivity index (χ1n) is 21.0. The number of aliphatic hydroxyl groups excluding tert-OH is 1. The maximum Gasteiger partial charge on any atom is 0.408 e. The van der Waals surface area contributed by atoms with Gasteiger partial charge in [0.25, 0.3) is 0 Å². The fraction of sp³-hybridized carbons (Fsp3) is 0.417. The fourth-order valence-electron chi connectivity index (χ4n) is 6.96. The van der Waals surface area contributed by atoms with Gasteiger partial charge in [0.1, 0.15) is 36.2 Å². The van der Waals surface area contributed by atoms with Crippen molar-refractivity contribution in [1.29, 1.82) is 0 Å². The van der Waals surface area contributed by atoms with Crippen molar-refractivity contribution < 1.29 is 53.1 Å². The van der Waals surface area contributed by atoms with E-state index in [1.54, 1.807) is 58.9 Å². The Morgan fingerprint density at radius 2 is 1.28 bits per heavy atom. The van der Waals surface area contributed by atoms with E-state index in [1.807, 2.05) is 60.7 Å². The predicted molar refractivity (Wildman–Crippen MR) is 241 cm³/mol. The molecule has 0 aliphatic rings. The number of alkyl carbamates (subject to hydrolysis) is 1. The van der Waals surface area contributed by atoms with E-state index in [2.05, 4.69) is 26.6 Å². The molecule has 0 spiro atoms. The van der Waals surface area contributed by atoms with Gasteiger partial charge in [-0.3, -0.25) is 19.7 Å². The van der Waals surface area contributed by atoms with Gasteiger partial charge in [0.15, 0.2) is 11.5 Å². The first-order valence-corrected chi connectivity index (χ1v) is 21.0. The summed E-state index contributed by atoms with van der Waals surface area (Å²) in [5.74, 6) is -0.973. The van der Waals surface area contributed by atoms with Crippen LogP contribution >= 0.6 is 0 Å². The van der Waals surface area contributed by atoms with Crippen molar-refractivity contribution in [3.8, 4) is 28.7 Å². The number of ether oxygens (including phenoxy) is 5. The Morgan fingerprint density at radius 3 is 1.84 bits per heavy atom. The van der Waals surface area contributed by atoms with Crippen LogP contribution in [0.1, 0.15) is 56.9 Å². The smallest absolute Gasteiger partial charge is 0.408 e. The van der Waals surface area contributed by atoms with Crippen LogP contribution in [0.2, 0.25) is 0 Å². The molecule has 0 saturated heterocycles. The van der Waals surface area contributed by atoms with Gasteiger partial charge in [0.05, 0.1) is 40.6 Å². The molecule has 5 atom stereocenters. The van der Waals surface area contributed by atoms with Crippen molar-refractivity contribution >= 4 is 23.8 Å². The second-order valence-electron chi connectivity index (χ2n) is 16.6. The molecule has 0 fully saturated rings. The summed E-state index contributed by atoms with van der Waals surface area (Å²) in [5.41, 5.74) is 1.62. The highest BCUT2D eigenvalue weighted by atomic mass is 16.5. The van der Waals surface area contributed by atoms with Crippen LogP contribution in [0.3, 0.4) is 0 Å². The molecule has 0 heterocycles. The summed E-state index contributed by atoms with van der Waals surface area (Å²) in [7, 11) is 5.88. The number of phenols is 1. The third kappa shape index (κ3) is 14.0. The quantitative estimate of drug-likeness (QED) is 0.0569. The van der Waals surface area contributed by atoms with E-state index in [1.165, 1.54) is 34.5 Å². The van der Waals surface area contributed by atoms with Crippen molar-refractivity contribution in [3.63, 3.8) is 0 Å². The van der Waals surface area contributed by atoms with Crippen LogP contribution in [-0.2, 0) is 45.2 Å². The van der Waals surface area contributed by atoms with E-state index >= 15 is 0 Å². The molecule has 0 saturated carbocycles. The summed E-state index contributed by atoms with van der Waals surface area (Å²) >= 11 is 0. The van der Waals surface area contributed by atoms with Crippen LogP contribution in [0.25, 0.3) is 0 Å². The minimum atomic E-state index is -1.65. The van der Waals surface area contributed by atoms with Crippen LogP contribution in [0, 0.1) is 11.3 Å². The average Bonchev–Trinajstić information content (AvgIpc) is 3.28. The van der Waals surface area contributed by atoms with Crippen LogP contribution in [0.5, 0.6) is 28.7 Å². The molecule has 16 heteroatoms. The lowest BCUT2D eigenvalue weighted by Crippen LogP contribution is -2.63. The van der Waals surface area contributed by atoms with Crippen molar-refractivity contribution in [1.82, 2.24) is 26.6 Å². The average molecular weight is 886 g/mol. The zero-order valence-corrected chi connectivity index (χ0v) is 38.0. The molecule has 0 radical (unpaired) electrons. The number of amides is 4. The zero-order chi connectivity index (χ0) is 47.0. The Hall–Kier alpha value is -6.52. The third-order valence-electron chi connectivity index (χ3n) is 10.6. The van der Waals surface area contributed by atoms with Crippen LogP contribution in [-0.4, -0.2) is 92.7 Å². The molecule has 7 N–H and O–H groups in total. The maximum absolute atomic E-state index is 14.6. The topological polar surface area (TPSA) is 215 Å². The minimum Gasteiger partial charge on any atom is -0.507 e. The summed E-state index contributed by atoms with van der Waals surface area (Å²) in [5, 5.41) is 37.4. The summed E-state index contributed by atoms with van der Waals surface area (Å²) < 4.78 is 27.4. The van der Waals surface area contributed by atoms with Gasteiger partial charge in [-0.25, -0.2) is 4.79 Å². The Labute approximate surface area is 375 Å². The zero-order valence-electron chi connectivity index (χ0n) is 38.0. The maximum atomic E-state index is 14.6. The van der Waals surface area contributed by atoms with Crippen LogP contribution in [0.15, 0.2) is 91.0 Å². The second-order valence-corrected chi connectivity index (χ2v) is 16.6. The van der Waals surface area contributed by atoms with E-state index in [9.17, 15) is 29.4 Å². The number of hydrogen-bond acceptors (Lipinski definition) is 12. The molecule has 0 aliphatic heterocycles. The van der Waals surface area contributed by atoms with Gasteiger partial charge in [0.2, 0.25) is 23.5 Å². The largest absolute Gasteiger partial charge is 0.507 e. The summed E-state index contributed by atoms with van der Waals surface area (Å²) in [6.07, 6.45) is -2.40. The number of nitrogens with one attached hydrogen (secondary N) is 5. The van der Waals surface area contributed by atoms with Gasteiger partial charge in [-0.1, -0.05) is 101 Å². The van der Waals surface area contributed by atoms with Crippen molar-refractivity contribution in [3.05, 3.63) is 113 Å². The first kappa shape index (κ1) is 50.1. The Balaban J connectivity index is 1.68. The number of carbonyl (C=O) groups excluding carboxylic acids is 4. The summed E-state index contributed by atoms with van der Waals surface area (Å²) in [6, 6.07) is 21.4. The van der Waals surface area contributed by atoms with E-state index in [4.69, 9.17) is 23.7 Å². The molecule has 4 aromatic rings. The fourth-order valence-corrected chi connectivity index (χ4v) is 6.96. The number of benzene rings is 4. The molecule has 4 amide bonds. The van der Waals surface area contributed by atoms with Gasteiger partial charge in [-0.15, -0.1) is 0 Å². The van der Waals surface area contributed by atoms with E-state index in [0.29, 0.717) is 34.1 Å². The second kappa shape index (κ2) is 23.8. The van der Waals surface area contributed by atoms with Crippen molar-refractivity contribution in [2.45, 2.75) is 91.0 Å². The standard InChI is InChI=1S/C48H63N5O11/c1-29(2)38(44(56)50-26-32-20-22-34(60-6)25-36(32)54)52-45(57)39(49-27-33-21-23-37(61-7)42(63-9)41(33)62-8)40(55)35(24-30-16-12-10-13-17-30)51-46(58)43(48(3,4)5)53-47(59)64-28-31-18-14-11-15-19-31/h10-23,25,29,35,38-40,43,49,54-55H,24,26-28H2,1-9H3,(H,50,56)(H,51,58)(H,52,57)(H,53,59)/t35-,38-,39+,40-,43+/m0/s1.